The van der Waals surface area contributed by atoms with Crippen molar-refractivity contribution in [2.24, 2.45) is 5.73 Å². The van der Waals surface area contributed by atoms with Gasteiger partial charge in [0.25, 0.3) is 0 Å². The number of hydrogen-bond donors (Lipinski definition) is 1. The van der Waals surface area contributed by atoms with Crippen molar-refractivity contribution in [1.29, 1.82) is 0 Å². The lowest BCUT2D eigenvalue weighted by Crippen LogP contribution is -2.33. The lowest BCUT2D eigenvalue weighted by molar-refractivity contribution is -0.114. The fourth-order valence-corrected chi connectivity index (χ4v) is 1.54. The van der Waals surface area contributed by atoms with Crippen LogP contribution >= 0.6 is 0 Å². The Labute approximate surface area is 87.0 Å². The Bertz CT molecular complexity index is 207. The molecule has 0 saturated heterocycles. The molecule has 0 bridgehead atoms. The molecule has 0 aliphatic carbocycles. The highest BCUT2D eigenvalue weighted by Gasteiger charge is 2.11. The number of likely N-dealkylation sites (N-methyl/N-ethyl adjacent to an activating group) is 1. The Hall–Kier alpha value is -0.830. The van der Waals surface area contributed by atoms with Gasteiger partial charge in [0.15, 0.2) is 0 Å². The molecule has 0 aromatic rings. The summed E-state index contributed by atoms with van der Waals surface area (Å²) < 4.78 is 0. The van der Waals surface area contributed by atoms with Gasteiger partial charge in [0.1, 0.15) is 0 Å². The van der Waals surface area contributed by atoms with Crippen LogP contribution in [0.25, 0.3) is 0 Å². The van der Waals surface area contributed by atoms with E-state index in [-0.39, 0.29) is 5.91 Å². The van der Waals surface area contributed by atoms with Gasteiger partial charge >= 0.3 is 0 Å². The molecule has 0 heterocycles. The van der Waals surface area contributed by atoms with Gasteiger partial charge < -0.3 is 5.73 Å². The van der Waals surface area contributed by atoms with E-state index in [2.05, 4.69) is 25.7 Å². The summed E-state index contributed by atoms with van der Waals surface area (Å²) in [5.41, 5.74) is 5.85. The van der Waals surface area contributed by atoms with Gasteiger partial charge in [-0.3, -0.25) is 9.69 Å². The Morgan fingerprint density at radius 3 is 2.14 bits per heavy atom. The molecule has 0 saturated carbocycles. The van der Waals surface area contributed by atoms with Crippen molar-refractivity contribution in [3.63, 3.8) is 0 Å². The monoisotopic (exact) mass is 198 g/mol. The van der Waals surface area contributed by atoms with Crippen molar-refractivity contribution in [3.8, 4) is 0 Å². The van der Waals surface area contributed by atoms with Crippen LogP contribution in [0.3, 0.4) is 0 Å². The topological polar surface area (TPSA) is 46.3 Å². The average Bonchev–Trinajstić information content (AvgIpc) is 2.17. The Kier molecular flexibility index (Phi) is 6.21. The molecule has 14 heavy (non-hydrogen) atoms. The van der Waals surface area contributed by atoms with Gasteiger partial charge in [-0.25, -0.2) is 0 Å². The summed E-state index contributed by atoms with van der Waals surface area (Å²) in [4.78, 5) is 13.2. The van der Waals surface area contributed by atoms with Crippen LogP contribution in [0.15, 0.2) is 11.6 Å². The molecule has 0 radical (unpaired) electrons. The zero-order valence-corrected chi connectivity index (χ0v) is 9.71. The first-order chi connectivity index (χ1) is 6.56. The van der Waals surface area contributed by atoms with Crippen LogP contribution in [-0.4, -0.2) is 29.9 Å². The van der Waals surface area contributed by atoms with Gasteiger partial charge in [0.2, 0.25) is 5.91 Å². The van der Waals surface area contributed by atoms with Crippen LogP contribution in [0, 0.1) is 0 Å². The minimum atomic E-state index is -0.324. The molecule has 0 spiro atoms. The first-order valence-corrected chi connectivity index (χ1v) is 5.29. The van der Waals surface area contributed by atoms with Gasteiger partial charge in [-0.1, -0.05) is 26.8 Å². The molecule has 0 aliphatic heterocycles. The van der Waals surface area contributed by atoms with Crippen molar-refractivity contribution in [3.05, 3.63) is 11.6 Å². The molecule has 0 fully saturated rings. The number of nitrogens with zero attached hydrogens (tertiary/aromatic N) is 1. The van der Waals surface area contributed by atoms with E-state index >= 15 is 0 Å². The molecule has 1 amide bonds. The number of nitrogens with two attached hydrogens (primary N) is 1. The third-order valence-electron chi connectivity index (χ3n) is 2.53. The van der Waals surface area contributed by atoms with E-state index < -0.39 is 0 Å². The van der Waals surface area contributed by atoms with E-state index in [9.17, 15) is 4.79 Å². The van der Waals surface area contributed by atoms with E-state index in [1.165, 1.54) is 0 Å². The molecular weight excluding hydrogens is 176 g/mol. The molecule has 0 aromatic heterocycles. The number of rotatable bonds is 6. The van der Waals surface area contributed by atoms with E-state index in [0.717, 1.165) is 19.5 Å². The molecule has 2 N–H and O–H groups in total. The zero-order valence-electron chi connectivity index (χ0n) is 9.71. The molecule has 3 heteroatoms. The lowest BCUT2D eigenvalue weighted by Gasteiger charge is -2.26. The highest BCUT2D eigenvalue weighted by molar-refractivity contribution is 5.91. The van der Waals surface area contributed by atoms with Gasteiger partial charge in [-0.2, -0.15) is 0 Å². The van der Waals surface area contributed by atoms with Crippen LogP contribution in [-0.2, 0) is 4.79 Å². The van der Waals surface area contributed by atoms with E-state index in [0.29, 0.717) is 11.6 Å². The Morgan fingerprint density at radius 1 is 1.36 bits per heavy atom. The van der Waals surface area contributed by atoms with Crippen LogP contribution in [0.1, 0.15) is 34.1 Å². The quantitative estimate of drug-likeness (QED) is 0.658. The predicted molar refractivity (Wildman–Crippen MR) is 60.0 cm³/mol. The molecule has 1 atom stereocenters. The Morgan fingerprint density at radius 2 is 1.86 bits per heavy atom. The maximum Gasteiger partial charge on any atom is 0.244 e. The summed E-state index contributed by atoms with van der Waals surface area (Å²) in [5.74, 6) is -0.324. The molecule has 1 unspecified atom stereocenters. The molecule has 0 aliphatic rings. The highest BCUT2D eigenvalue weighted by Crippen LogP contribution is 2.08. The molecular formula is C11H22N2O. The van der Waals surface area contributed by atoms with Gasteiger partial charge in [0.05, 0.1) is 0 Å². The van der Waals surface area contributed by atoms with Crippen molar-refractivity contribution >= 4 is 5.91 Å². The first kappa shape index (κ1) is 13.2. The number of amides is 1. The maximum absolute atomic E-state index is 10.9. The normalized spacial score (nSPS) is 14.5. The summed E-state index contributed by atoms with van der Waals surface area (Å²) in [6, 6.07) is 0.331. The smallest absolute Gasteiger partial charge is 0.244 e. The minimum Gasteiger partial charge on any atom is -0.366 e. The number of hydrogen-bond acceptors (Lipinski definition) is 2. The van der Waals surface area contributed by atoms with Gasteiger partial charge in [-0.05, 0) is 26.4 Å². The van der Waals surface area contributed by atoms with Crippen LogP contribution in [0.2, 0.25) is 0 Å². The minimum absolute atomic E-state index is 0.324. The average molecular weight is 198 g/mol. The van der Waals surface area contributed by atoms with Crippen LogP contribution in [0.5, 0.6) is 0 Å². The summed E-state index contributed by atoms with van der Waals surface area (Å²) in [6.45, 7) is 10.1. The summed E-state index contributed by atoms with van der Waals surface area (Å²) >= 11 is 0. The first-order valence-electron chi connectivity index (χ1n) is 5.29. The molecule has 82 valence electrons. The Balaban J connectivity index is 4.55. The fraction of sp³-hybridized carbons (Fsp3) is 0.727. The van der Waals surface area contributed by atoms with Crippen LogP contribution < -0.4 is 5.73 Å². The van der Waals surface area contributed by atoms with E-state index in [1.807, 2.05) is 6.08 Å². The van der Waals surface area contributed by atoms with E-state index in [1.54, 1.807) is 6.92 Å². The fourth-order valence-electron chi connectivity index (χ4n) is 1.54. The second-order valence-electron chi connectivity index (χ2n) is 3.41. The summed E-state index contributed by atoms with van der Waals surface area (Å²) in [5, 5.41) is 0. The lowest BCUT2D eigenvalue weighted by atomic mass is 10.1. The number of primary amides is 1. The zero-order chi connectivity index (χ0) is 11.1. The summed E-state index contributed by atoms with van der Waals surface area (Å²) in [6.07, 6.45) is 2.97. The third-order valence-corrected chi connectivity index (χ3v) is 2.53. The summed E-state index contributed by atoms with van der Waals surface area (Å²) in [7, 11) is 0. The van der Waals surface area contributed by atoms with E-state index in [4.69, 9.17) is 5.73 Å². The van der Waals surface area contributed by atoms with Crippen molar-refractivity contribution in [1.82, 2.24) is 4.90 Å². The number of carbonyl (C=O) groups excluding carboxylic acids is 1. The van der Waals surface area contributed by atoms with Crippen LogP contribution in [0.4, 0.5) is 0 Å². The van der Waals surface area contributed by atoms with Crippen molar-refractivity contribution < 1.29 is 4.79 Å². The highest BCUT2D eigenvalue weighted by atomic mass is 16.1. The maximum atomic E-state index is 10.9. The second-order valence-corrected chi connectivity index (χ2v) is 3.41. The van der Waals surface area contributed by atoms with Gasteiger partial charge in [-0.15, -0.1) is 0 Å². The number of carbonyl (C=O) groups is 1. The molecule has 0 rings (SSSR count). The van der Waals surface area contributed by atoms with Gasteiger partial charge in [0, 0.05) is 11.6 Å². The van der Waals surface area contributed by atoms with Crippen molar-refractivity contribution in [2.45, 2.75) is 40.2 Å². The molecule has 0 aromatic carbocycles. The predicted octanol–water partition coefficient (Wildman–Crippen LogP) is 1.54. The SMILES string of the molecule is CCC(/C=C(\C)C(N)=O)N(CC)CC. The molecule has 3 nitrogen and oxygen atoms in total. The standard InChI is InChI=1S/C11H22N2O/c1-5-10(13(6-2)7-3)8-9(4)11(12)14/h8,10H,5-7H2,1-4H3,(H2,12,14)/b9-8+. The third kappa shape index (κ3) is 3.92. The second kappa shape index (κ2) is 6.60. The largest absolute Gasteiger partial charge is 0.366 e. The van der Waals surface area contributed by atoms with Crippen molar-refractivity contribution in [2.75, 3.05) is 13.1 Å².